The predicted molar refractivity (Wildman–Crippen MR) is 71.2 cm³/mol. The highest BCUT2D eigenvalue weighted by Crippen LogP contribution is 2.30. The number of aliphatic carboxylic acids is 1. The second-order valence-electron chi connectivity index (χ2n) is 4.71. The monoisotopic (exact) mass is 251 g/mol. The highest BCUT2D eigenvalue weighted by atomic mass is 16.5. The van der Waals surface area contributed by atoms with Crippen LogP contribution in [0.4, 0.5) is 0 Å². The van der Waals surface area contributed by atoms with E-state index in [2.05, 4.69) is 13.0 Å². The Labute approximate surface area is 108 Å². The number of rotatable bonds is 5. The highest BCUT2D eigenvalue weighted by molar-refractivity contribution is 5.69. The minimum atomic E-state index is -0.821. The van der Waals surface area contributed by atoms with E-state index in [1.54, 1.807) is 19.1 Å². The van der Waals surface area contributed by atoms with E-state index in [0.717, 1.165) is 22.4 Å². The van der Waals surface area contributed by atoms with Crippen LogP contribution < -0.4 is 4.74 Å². The fourth-order valence-corrected chi connectivity index (χ4v) is 2.13. The number of carboxylic acid groups (broad SMARTS) is 1. The fraction of sp³-hybridized carbons (Fsp3) is 0.500. The summed E-state index contributed by atoms with van der Waals surface area (Å²) >= 11 is 0. The summed E-state index contributed by atoms with van der Waals surface area (Å²) in [6.07, 6.45) is 0. The van der Waals surface area contributed by atoms with Gasteiger partial charge < -0.3 is 9.84 Å². The van der Waals surface area contributed by atoms with Gasteiger partial charge in [-0.25, -0.2) is 0 Å². The maximum atomic E-state index is 10.7. The van der Waals surface area contributed by atoms with Gasteiger partial charge >= 0.3 is 5.97 Å². The number of aryl methyl sites for hydroxylation is 2. The van der Waals surface area contributed by atoms with Gasteiger partial charge in [0.15, 0.2) is 0 Å². The summed E-state index contributed by atoms with van der Waals surface area (Å²) in [6.45, 7) is 6.70. The largest absolute Gasteiger partial charge is 0.496 e. The Morgan fingerprint density at radius 2 is 1.94 bits per heavy atom. The Bertz CT molecular complexity index is 455. The molecule has 0 aromatic heterocycles. The lowest BCUT2D eigenvalue weighted by molar-refractivity contribution is -0.138. The van der Waals surface area contributed by atoms with Crippen LogP contribution >= 0.6 is 0 Å². The van der Waals surface area contributed by atoms with Gasteiger partial charge in [-0.3, -0.25) is 9.69 Å². The molecule has 0 spiro atoms. The maximum absolute atomic E-state index is 10.7. The molecule has 0 heterocycles. The standard InChI is InChI=1S/C14H21NO3/c1-9-6-10(2)12(14(18-5)11(9)3)7-15(4)8-13(16)17/h6H,7-8H2,1-5H3,(H,16,17). The maximum Gasteiger partial charge on any atom is 0.317 e. The number of ether oxygens (including phenoxy) is 1. The molecule has 0 aliphatic rings. The number of nitrogens with zero attached hydrogens (tertiary/aromatic N) is 1. The second kappa shape index (κ2) is 5.87. The van der Waals surface area contributed by atoms with Crippen LogP contribution in [0.1, 0.15) is 22.3 Å². The summed E-state index contributed by atoms with van der Waals surface area (Å²) in [5.74, 6) is 0.0442. The second-order valence-corrected chi connectivity index (χ2v) is 4.71. The summed E-state index contributed by atoms with van der Waals surface area (Å²) in [4.78, 5) is 12.5. The minimum absolute atomic E-state index is 0.0233. The zero-order valence-electron chi connectivity index (χ0n) is 11.7. The van der Waals surface area contributed by atoms with Crippen LogP contribution in [0.15, 0.2) is 6.07 Å². The molecular weight excluding hydrogens is 230 g/mol. The van der Waals surface area contributed by atoms with E-state index in [1.165, 1.54) is 5.56 Å². The molecule has 0 radical (unpaired) electrons. The number of carbonyl (C=O) groups is 1. The molecule has 4 heteroatoms. The minimum Gasteiger partial charge on any atom is -0.496 e. The molecule has 0 bridgehead atoms. The molecule has 0 amide bonds. The van der Waals surface area contributed by atoms with Crippen molar-refractivity contribution in [3.05, 3.63) is 28.3 Å². The first-order valence-electron chi connectivity index (χ1n) is 5.90. The Morgan fingerprint density at radius 1 is 1.33 bits per heavy atom. The summed E-state index contributed by atoms with van der Waals surface area (Å²) in [6, 6.07) is 2.11. The Morgan fingerprint density at radius 3 is 2.44 bits per heavy atom. The zero-order valence-corrected chi connectivity index (χ0v) is 11.7. The number of likely N-dealkylation sites (N-methyl/N-ethyl adjacent to an activating group) is 1. The van der Waals surface area contributed by atoms with Gasteiger partial charge in [0, 0.05) is 12.1 Å². The number of hydrogen-bond acceptors (Lipinski definition) is 3. The van der Waals surface area contributed by atoms with E-state index in [1.807, 2.05) is 13.8 Å². The first kappa shape index (κ1) is 14.5. The zero-order chi connectivity index (χ0) is 13.9. The Hall–Kier alpha value is -1.55. The van der Waals surface area contributed by atoms with Gasteiger partial charge in [-0.15, -0.1) is 0 Å². The average molecular weight is 251 g/mol. The first-order chi connectivity index (χ1) is 8.36. The molecular formula is C14H21NO3. The molecule has 0 atom stereocenters. The summed E-state index contributed by atoms with van der Waals surface area (Å²) in [5.41, 5.74) is 4.49. The molecule has 0 aliphatic heterocycles. The molecule has 0 unspecified atom stereocenters. The molecule has 0 saturated heterocycles. The smallest absolute Gasteiger partial charge is 0.317 e. The van der Waals surface area contributed by atoms with Crippen molar-refractivity contribution in [3.8, 4) is 5.75 Å². The van der Waals surface area contributed by atoms with Crippen LogP contribution in [0.25, 0.3) is 0 Å². The third-order valence-corrected chi connectivity index (χ3v) is 3.15. The number of carboxylic acids is 1. The average Bonchev–Trinajstić information content (AvgIpc) is 2.25. The quantitative estimate of drug-likeness (QED) is 0.871. The van der Waals surface area contributed by atoms with E-state index in [9.17, 15) is 4.79 Å². The molecule has 1 N–H and O–H groups in total. The van der Waals surface area contributed by atoms with Crippen molar-refractivity contribution in [2.45, 2.75) is 27.3 Å². The molecule has 100 valence electrons. The molecule has 4 nitrogen and oxygen atoms in total. The van der Waals surface area contributed by atoms with Gasteiger partial charge in [-0.05, 0) is 44.5 Å². The molecule has 0 saturated carbocycles. The van der Waals surface area contributed by atoms with Crippen molar-refractivity contribution < 1.29 is 14.6 Å². The highest BCUT2D eigenvalue weighted by Gasteiger charge is 2.15. The molecule has 0 fully saturated rings. The third-order valence-electron chi connectivity index (χ3n) is 3.15. The van der Waals surface area contributed by atoms with E-state index in [-0.39, 0.29) is 6.54 Å². The summed E-state index contributed by atoms with van der Waals surface area (Å²) < 4.78 is 5.47. The van der Waals surface area contributed by atoms with Crippen molar-refractivity contribution in [1.82, 2.24) is 4.90 Å². The molecule has 1 rings (SSSR count). The predicted octanol–water partition coefficient (Wildman–Crippen LogP) is 2.14. The van der Waals surface area contributed by atoms with Crippen molar-refractivity contribution in [3.63, 3.8) is 0 Å². The van der Waals surface area contributed by atoms with Gasteiger partial charge in [0.25, 0.3) is 0 Å². The summed E-state index contributed by atoms with van der Waals surface area (Å²) in [5, 5.41) is 8.78. The van der Waals surface area contributed by atoms with Crippen LogP contribution in [0.2, 0.25) is 0 Å². The van der Waals surface area contributed by atoms with Gasteiger partial charge in [0.05, 0.1) is 13.7 Å². The van der Waals surface area contributed by atoms with Crippen LogP contribution in [-0.2, 0) is 11.3 Å². The SMILES string of the molecule is COc1c(C)c(C)cc(C)c1CN(C)CC(=O)O. The molecule has 1 aromatic carbocycles. The fourth-order valence-electron chi connectivity index (χ4n) is 2.13. The lowest BCUT2D eigenvalue weighted by Crippen LogP contribution is -2.25. The van der Waals surface area contributed by atoms with E-state index < -0.39 is 5.97 Å². The van der Waals surface area contributed by atoms with Crippen molar-refractivity contribution in [2.75, 3.05) is 20.7 Å². The van der Waals surface area contributed by atoms with Gasteiger partial charge in [0.2, 0.25) is 0 Å². The number of hydrogen-bond donors (Lipinski definition) is 1. The van der Waals surface area contributed by atoms with E-state index >= 15 is 0 Å². The molecule has 0 aliphatic carbocycles. The van der Waals surface area contributed by atoms with Crippen molar-refractivity contribution >= 4 is 5.97 Å². The van der Waals surface area contributed by atoms with Crippen LogP contribution in [0.3, 0.4) is 0 Å². The summed E-state index contributed by atoms with van der Waals surface area (Å²) in [7, 11) is 3.45. The van der Waals surface area contributed by atoms with Crippen LogP contribution in [0, 0.1) is 20.8 Å². The van der Waals surface area contributed by atoms with Crippen molar-refractivity contribution in [2.24, 2.45) is 0 Å². The van der Waals surface area contributed by atoms with Gasteiger partial charge in [-0.2, -0.15) is 0 Å². The van der Waals surface area contributed by atoms with Crippen molar-refractivity contribution in [1.29, 1.82) is 0 Å². The van der Waals surface area contributed by atoms with E-state index in [0.29, 0.717) is 6.54 Å². The van der Waals surface area contributed by atoms with Crippen LogP contribution in [-0.4, -0.2) is 36.7 Å². The molecule has 1 aromatic rings. The normalized spacial score (nSPS) is 10.8. The Kier molecular flexibility index (Phi) is 4.73. The van der Waals surface area contributed by atoms with Gasteiger partial charge in [-0.1, -0.05) is 6.07 Å². The lowest BCUT2D eigenvalue weighted by Gasteiger charge is -2.21. The van der Waals surface area contributed by atoms with E-state index in [4.69, 9.17) is 9.84 Å². The molecule has 18 heavy (non-hydrogen) atoms. The van der Waals surface area contributed by atoms with Gasteiger partial charge in [0.1, 0.15) is 5.75 Å². The Balaban J connectivity index is 3.08. The number of methoxy groups -OCH3 is 1. The number of benzene rings is 1. The lowest BCUT2D eigenvalue weighted by atomic mass is 9.98. The third kappa shape index (κ3) is 3.23. The first-order valence-corrected chi connectivity index (χ1v) is 5.90. The van der Waals surface area contributed by atoms with Crippen LogP contribution in [0.5, 0.6) is 5.75 Å². The topological polar surface area (TPSA) is 49.8 Å².